The highest BCUT2D eigenvalue weighted by molar-refractivity contribution is 6.25. The summed E-state index contributed by atoms with van der Waals surface area (Å²) in [5.41, 5.74) is -0.437. The average molecular weight is 469 g/mol. The number of amides is 2. The van der Waals surface area contributed by atoms with Gasteiger partial charge in [0.15, 0.2) is 11.6 Å². The van der Waals surface area contributed by atoms with Gasteiger partial charge in [0.25, 0.3) is 5.91 Å². The van der Waals surface area contributed by atoms with Gasteiger partial charge in [-0.25, -0.2) is 13.8 Å². The monoisotopic (exact) mass is 468 g/mol. The summed E-state index contributed by atoms with van der Waals surface area (Å²) in [7, 11) is 1.99. The lowest BCUT2D eigenvalue weighted by Gasteiger charge is -2.37. The van der Waals surface area contributed by atoms with Crippen LogP contribution in [0.15, 0.2) is 29.3 Å². The van der Waals surface area contributed by atoms with Crippen molar-refractivity contribution < 1.29 is 18.4 Å². The first-order valence-electron chi connectivity index (χ1n) is 12.0. The van der Waals surface area contributed by atoms with Gasteiger partial charge in [0.1, 0.15) is 5.54 Å². The number of fused-ring (bicyclic) bond motifs is 1. The van der Waals surface area contributed by atoms with Crippen LogP contribution in [0.4, 0.5) is 8.78 Å². The van der Waals surface area contributed by atoms with Crippen molar-refractivity contribution in [2.75, 3.05) is 20.1 Å². The summed E-state index contributed by atoms with van der Waals surface area (Å²) in [6.07, 6.45) is 10.6. The number of likely N-dealkylation sites (tertiary alicyclic amines) is 1. The van der Waals surface area contributed by atoms with Crippen molar-refractivity contribution in [1.82, 2.24) is 10.2 Å². The van der Waals surface area contributed by atoms with E-state index in [9.17, 15) is 23.6 Å². The first-order chi connectivity index (χ1) is 16.3. The van der Waals surface area contributed by atoms with E-state index >= 15 is 0 Å². The van der Waals surface area contributed by atoms with Crippen LogP contribution in [0.1, 0.15) is 67.3 Å². The van der Waals surface area contributed by atoms with Crippen LogP contribution in [0.2, 0.25) is 0 Å². The Morgan fingerprint density at radius 2 is 1.88 bits per heavy atom. The van der Waals surface area contributed by atoms with Crippen molar-refractivity contribution in [2.24, 2.45) is 16.8 Å². The highest BCUT2D eigenvalue weighted by Crippen LogP contribution is 2.31. The number of hydrogen-bond donors (Lipinski definition) is 1. The second kappa shape index (κ2) is 10.1. The summed E-state index contributed by atoms with van der Waals surface area (Å²) in [5.74, 6) is -3.11. The third-order valence-corrected chi connectivity index (χ3v) is 7.34. The molecular weight excluding hydrogens is 438 g/mol. The Morgan fingerprint density at radius 3 is 2.53 bits per heavy atom. The number of halogens is 2. The largest absolute Gasteiger partial charge is 0.337 e. The quantitative estimate of drug-likeness (QED) is 0.680. The number of allylic oxidation sites excluding steroid dienone is 1. The lowest BCUT2D eigenvalue weighted by molar-refractivity contribution is -0.126. The number of nitriles is 1. The molecule has 4 rings (SSSR count). The summed E-state index contributed by atoms with van der Waals surface area (Å²) in [5, 5.41) is 12.9. The molecule has 1 aliphatic carbocycles. The molecule has 2 aliphatic heterocycles. The summed E-state index contributed by atoms with van der Waals surface area (Å²) in [6.45, 7) is 1.46. The van der Waals surface area contributed by atoms with Crippen LogP contribution in [-0.2, 0) is 4.79 Å². The predicted octanol–water partition coefficient (Wildman–Crippen LogP) is 4.15. The molecule has 34 heavy (non-hydrogen) atoms. The number of piperidine rings is 1. The van der Waals surface area contributed by atoms with E-state index in [0.29, 0.717) is 25.2 Å². The van der Waals surface area contributed by atoms with Crippen molar-refractivity contribution in [2.45, 2.75) is 56.9 Å². The highest BCUT2D eigenvalue weighted by atomic mass is 19.2. The molecular formula is C26H30F2N4O2. The average Bonchev–Trinajstić information content (AvgIpc) is 3.13. The minimum atomic E-state index is -1.10. The van der Waals surface area contributed by atoms with Gasteiger partial charge in [0.05, 0.1) is 23.3 Å². The van der Waals surface area contributed by atoms with Crippen LogP contribution in [0.5, 0.6) is 0 Å². The van der Waals surface area contributed by atoms with E-state index in [-0.39, 0.29) is 22.7 Å². The van der Waals surface area contributed by atoms with Gasteiger partial charge in [-0.3, -0.25) is 9.59 Å². The molecule has 0 bridgehead atoms. The molecule has 2 heterocycles. The standard InChI is InChI=1S/C26H30F2N4O2/c1-32-11-9-26(16-29,10-12-32)31-24(33)18(13-17-5-3-2-4-6-17)7-8-23-19-14-21(27)22(28)15-20(19)25(34)30-23/h7-8,14-15,17-18H,2-6,9-13H2,1H3,(H,31,33)/b8-7+/t18-/m0/s1. The molecule has 0 unspecified atom stereocenters. The number of aliphatic imine (C=N–C) groups is 1. The van der Waals surface area contributed by atoms with Crippen molar-refractivity contribution in [1.29, 1.82) is 5.26 Å². The molecule has 1 N–H and O–H groups in total. The number of hydrogen-bond acceptors (Lipinski definition) is 4. The fourth-order valence-corrected chi connectivity index (χ4v) is 5.15. The summed E-state index contributed by atoms with van der Waals surface area (Å²) < 4.78 is 27.4. The number of carbonyl (C=O) groups excluding carboxylic acids is 2. The number of rotatable bonds is 6. The number of carbonyl (C=O) groups is 2. The maximum atomic E-state index is 13.8. The minimum absolute atomic E-state index is 0.0154. The molecule has 1 saturated heterocycles. The van der Waals surface area contributed by atoms with Crippen molar-refractivity contribution >= 4 is 17.5 Å². The molecule has 3 aliphatic rings. The topological polar surface area (TPSA) is 85.6 Å². The Kier molecular flexibility index (Phi) is 7.22. The number of nitrogens with one attached hydrogen (secondary N) is 1. The molecule has 2 amide bonds. The molecule has 6 nitrogen and oxygen atoms in total. The van der Waals surface area contributed by atoms with Crippen molar-refractivity contribution in [3.05, 3.63) is 47.0 Å². The Bertz CT molecular complexity index is 1060. The van der Waals surface area contributed by atoms with E-state index in [1.54, 1.807) is 12.2 Å². The third-order valence-electron chi connectivity index (χ3n) is 7.34. The lowest BCUT2D eigenvalue weighted by Crippen LogP contribution is -2.55. The smallest absolute Gasteiger partial charge is 0.278 e. The van der Waals surface area contributed by atoms with E-state index in [2.05, 4.69) is 21.3 Å². The van der Waals surface area contributed by atoms with Gasteiger partial charge in [-0.15, -0.1) is 0 Å². The third kappa shape index (κ3) is 5.25. The van der Waals surface area contributed by atoms with Crippen LogP contribution < -0.4 is 5.32 Å². The van der Waals surface area contributed by atoms with Crippen molar-refractivity contribution in [3.8, 4) is 6.07 Å². The van der Waals surface area contributed by atoms with Gasteiger partial charge in [-0.05, 0) is 50.4 Å². The Balaban J connectivity index is 1.56. The van der Waals surface area contributed by atoms with E-state index in [0.717, 1.165) is 50.9 Å². The lowest BCUT2D eigenvalue weighted by atomic mass is 9.81. The normalized spacial score (nSPS) is 21.7. The molecule has 1 aromatic carbocycles. The Labute approximate surface area is 198 Å². The molecule has 1 atom stereocenters. The van der Waals surface area contributed by atoms with E-state index in [1.807, 2.05) is 7.05 Å². The zero-order valence-electron chi connectivity index (χ0n) is 19.4. The predicted molar refractivity (Wildman–Crippen MR) is 124 cm³/mol. The fourth-order valence-electron chi connectivity index (χ4n) is 5.15. The molecule has 8 heteroatoms. The van der Waals surface area contributed by atoms with Crippen LogP contribution >= 0.6 is 0 Å². The number of nitrogens with zero attached hydrogens (tertiary/aromatic N) is 3. The molecule has 0 radical (unpaired) electrons. The maximum absolute atomic E-state index is 13.8. The van der Waals surface area contributed by atoms with Crippen LogP contribution in [0.3, 0.4) is 0 Å². The summed E-state index contributed by atoms with van der Waals surface area (Å²) in [6, 6.07) is 4.16. The highest BCUT2D eigenvalue weighted by Gasteiger charge is 2.37. The SMILES string of the molecule is CN1CCC(C#N)(NC(=O)[C@@H](/C=C/C2=NC(=O)c3cc(F)c(F)cc32)CC2CCCCC2)CC1. The van der Waals surface area contributed by atoms with Crippen LogP contribution in [-0.4, -0.2) is 48.1 Å². The summed E-state index contributed by atoms with van der Waals surface area (Å²) in [4.78, 5) is 31.6. The van der Waals surface area contributed by atoms with E-state index < -0.39 is 29.0 Å². The second-order valence-electron chi connectivity index (χ2n) is 9.81. The van der Waals surface area contributed by atoms with E-state index in [1.165, 1.54) is 6.42 Å². The molecule has 0 spiro atoms. The Morgan fingerprint density at radius 1 is 1.24 bits per heavy atom. The van der Waals surface area contributed by atoms with Gasteiger partial charge < -0.3 is 10.2 Å². The fraction of sp³-hybridized carbons (Fsp3) is 0.538. The van der Waals surface area contributed by atoms with Gasteiger partial charge >= 0.3 is 0 Å². The van der Waals surface area contributed by atoms with Gasteiger partial charge in [-0.2, -0.15) is 5.26 Å². The van der Waals surface area contributed by atoms with Gasteiger partial charge in [-0.1, -0.05) is 38.2 Å². The Hall–Kier alpha value is -2.92. The maximum Gasteiger partial charge on any atom is 0.278 e. The molecule has 1 aromatic rings. The van der Waals surface area contributed by atoms with Crippen molar-refractivity contribution in [3.63, 3.8) is 0 Å². The molecule has 0 aromatic heterocycles. The van der Waals surface area contributed by atoms with Gasteiger partial charge in [0, 0.05) is 18.7 Å². The summed E-state index contributed by atoms with van der Waals surface area (Å²) >= 11 is 0. The first-order valence-corrected chi connectivity index (χ1v) is 12.0. The molecule has 2 fully saturated rings. The van der Waals surface area contributed by atoms with Crippen LogP contribution in [0.25, 0.3) is 0 Å². The zero-order valence-corrected chi connectivity index (χ0v) is 19.4. The minimum Gasteiger partial charge on any atom is -0.337 e. The van der Waals surface area contributed by atoms with Gasteiger partial charge in [0.2, 0.25) is 5.91 Å². The second-order valence-corrected chi connectivity index (χ2v) is 9.81. The van der Waals surface area contributed by atoms with E-state index in [4.69, 9.17) is 0 Å². The zero-order chi connectivity index (χ0) is 24.3. The van der Waals surface area contributed by atoms with Crippen LogP contribution in [0, 0.1) is 34.8 Å². The molecule has 1 saturated carbocycles. The number of benzene rings is 1. The molecule has 180 valence electrons. The first kappa shape index (κ1) is 24.2.